The van der Waals surface area contributed by atoms with Gasteiger partial charge in [0, 0.05) is 6.20 Å². The zero-order valence-corrected chi connectivity index (χ0v) is 13.6. The van der Waals surface area contributed by atoms with E-state index in [9.17, 15) is 0 Å². The van der Waals surface area contributed by atoms with Crippen molar-refractivity contribution in [3.05, 3.63) is 78.1 Å². The average Bonchev–Trinajstić information content (AvgIpc) is 3.03. The summed E-state index contributed by atoms with van der Waals surface area (Å²) < 4.78 is 5.25. The van der Waals surface area contributed by atoms with E-state index in [0.717, 1.165) is 28.6 Å². The number of anilines is 1. The lowest BCUT2D eigenvalue weighted by atomic mass is 10.00. The van der Waals surface area contributed by atoms with Crippen molar-refractivity contribution < 1.29 is 4.52 Å². The van der Waals surface area contributed by atoms with Crippen LogP contribution in [0.15, 0.2) is 71.4 Å². The molecule has 4 aromatic rings. The Kier molecular flexibility index (Phi) is 3.91. The van der Waals surface area contributed by atoms with Crippen LogP contribution >= 0.6 is 0 Å². The van der Waals surface area contributed by atoms with E-state index >= 15 is 0 Å². The summed E-state index contributed by atoms with van der Waals surface area (Å²) in [6.45, 7) is 0. The predicted octanol–water partition coefficient (Wildman–Crippen LogP) is 3.71. The third kappa shape index (κ3) is 3.09. The third-order valence-corrected chi connectivity index (χ3v) is 4.29. The van der Waals surface area contributed by atoms with Gasteiger partial charge in [0.1, 0.15) is 0 Å². The fourth-order valence-corrected chi connectivity index (χ4v) is 2.94. The van der Waals surface area contributed by atoms with Crippen LogP contribution in [-0.2, 0) is 6.42 Å². The molecule has 0 spiro atoms. The predicted molar refractivity (Wildman–Crippen MR) is 98.7 cm³/mol. The molecule has 4 rings (SSSR count). The van der Waals surface area contributed by atoms with E-state index in [2.05, 4.69) is 22.3 Å². The third-order valence-electron chi connectivity index (χ3n) is 4.29. The molecule has 25 heavy (non-hydrogen) atoms. The summed E-state index contributed by atoms with van der Waals surface area (Å²) in [7, 11) is 0. The molecular formula is C20H18N4O. The fraction of sp³-hybridized carbons (Fsp3) is 0.100. The number of rotatable bonds is 4. The number of nitrogens with two attached hydrogens (primary N) is 2. The molecule has 0 aliphatic heterocycles. The Hall–Kier alpha value is -3.18. The second-order valence-corrected chi connectivity index (χ2v) is 6.04. The monoisotopic (exact) mass is 330 g/mol. The SMILES string of the molecule is Nc1noc2cc(-c3ccnc(C(N)Cc4ccccc4)c3)ccc12. The highest BCUT2D eigenvalue weighted by molar-refractivity contribution is 5.90. The van der Waals surface area contributed by atoms with Crippen LogP contribution in [0.25, 0.3) is 22.1 Å². The van der Waals surface area contributed by atoms with Crippen LogP contribution in [0, 0.1) is 0 Å². The molecule has 2 aromatic carbocycles. The van der Waals surface area contributed by atoms with Gasteiger partial charge < -0.3 is 16.0 Å². The molecule has 0 bridgehead atoms. The lowest BCUT2D eigenvalue weighted by molar-refractivity contribution is 0.460. The number of hydrogen-bond donors (Lipinski definition) is 2. The highest BCUT2D eigenvalue weighted by Crippen LogP contribution is 2.28. The molecule has 2 heterocycles. The first-order valence-corrected chi connectivity index (χ1v) is 8.11. The molecule has 0 amide bonds. The van der Waals surface area contributed by atoms with E-state index in [0.29, 0.717) is 11.4 Å². The molecule has 0 aliphatic carbocycles. The van der Waals surface area contributed by atoms with Crippen molar-refractivity contribution in [2.24, 2.45) is 5.73 Å². The Labute approximate surface area is 145 Å². The Balaban J connectivity index is 1.63. The van der Waals surface area contributed by atoms with Crippen LogP contribution in [0.1, 0.15) is 17.3 Å². The second-order valence-electron chi connectivity index (χ2n) is 6.04. The minimum absolute atomic E-state index is 0.160. The van der Waals surface area contributed by atoms with Gasteiger partial charge in [0.15, 0.2) is 11.4 Å². The van der Waals surface area contributed by atoms with Gasteiger partial charge in [-0.2, -0.15) is 0 Å². The van der Waals surface area contributed by atoms with Crippen LogP contribution in [-0.4, -0.2) is 10.1 Å². The molecule has 0 aliphatic rings. The number of fused-ring (bicyclic) bond motifs is 1. The average molecular weight is 330 g/mol. The highest BCUT2D eigenvalue weighted by Gasteiger charge is 2.11. The van der Waals surface area contributed by atoms with Gasteiger partial charge in [-0.25, -0.2) is 0 Å². The van der Waals surface area contributed by atoms with Gasteiger partial charge >= 0.3 is 0 Å². The van der Waals surface area contributed by atoms with E-state index in [1.807, 2.05) is 48.5 Å². The Morgan fingerprint density at radius 3 is 2.60 bits per heavy atom. The maximum absolute atomic E-state index is 6.36. The summed E-state index contributed by atoms with van der Waals surface area (Å²) in [5.41, 5.74) is 16.9. The lowest BCUT2D eigenvalue weighted by Crippen LogP contribution is -2.14. The molecule has 2 aromatic heterocycles. The first kappa shape index (κ1) is 15.4. The van der Waals surface area contributed by atoms with Crippen molar-refractivity contribution in [3.63, 3.8) is 0 Å². The number of nitrogen functional groups attached to an aromatic ring is 1. The molecule has 0 saturated heterocycles. The molecule has 124 valence electrons. The summed E-state index contributed by atoms with van der Waals surface area (Å²) in [4.78, 5) is 4.45. The van der Waals surface area contributed by atoms with Gasteiger partial charge in [-0.3, -0.25) is 4.98 Å². The molecule has 4 N–H and O–H groups in total. The molecule has 5 heteroatoms. The van der Waals surface area contributed by atoms with Gasteiger partial charge in [0.2, 0.25) is 0 Å². The lowest BCUT2D eigenvalue weighted by Gasteiger charge is -2.12. The van der Waals surface area contributed by atoms with Gasteiger partial charge in [-0.15, -0.1) is 0 Å². The van der Waals surface area contributed by atoms with Crippen LogP contribution in [0.4, 0.5) is 5.82 Å². The van der Waals surface area contributed by atoms with Crippen molar-refractivity contribution >= 4 is 16.8 Å². The number of pyridine rings is 1. The topological polar surface area (TPSA) is 91.0 Å². The van der Waals surface area contributed by atoms with E-state index < -0.39 is 0 Å². The smallest absolute Gasteiger partial charge is 0.174 e. The molecule has 1 unspecified atom stereocenters. The molecule has 0 saturated carbocycles. The fourth-order valence-electron chi connectivity index (χ4n) is 2.94. The summed E-state index contributed by atoms with van der Waals surface area (Å²) in [5.74, 6) is 0.404. The van der Waals surface area contributed by atoms with Crippen molar-refractivity contribution in [1.82, 2.24) is 10.1 Å². The molecule has 1 atom stereocenters. The van der Waals surface area contributed by atoms with E-state index in [1.165, 1.54) is 5.56 Å². The normalized spacial score (nSPS) is 12.4. The van der Waals surface area contributed by atoms with Crippen LogP contribution in [0.5, 0.6) is 0 Å². The maximum atomic E-state index is 6.36. The van der Waals surface area contributed by atoms with Crippen LogP contribution in [0.3, 0.4) is 0 Å². The standard InChI is InChI=1S/C20H18N4O/c21-17(10-13-4-2-1-3-5-13)18-11-15(8-9-23-18)14-6-7-16-19(12-14)25-24-20(16)22/h1-9,11-12,17H,10,21H2,(H2,22,24). The van der Waals surface area contributed by atoms with E-state index in [4.69, 9.17) is 16.0 Å². The zero-order valence-electron chi connectivity index (χ0n) is 13.6. The first-order chi connectivity index (χ1) is 12.2. The molecule has 0 fully saturated rings. The Morgan fingerprint density at radius 1 is 0.960 bits per heavy atom. The van der Waals surface area contributed by atoms with Crippen molar-refractivity contribution in [2.45, 2.75) is 12.5 Å². The van der Waals surface area contributed by atoms with E-state index in [1.54, 1.807) is 6.20 Å². The summed E-state index contributed by atoms with van der Waals surface area (Å²) in [6, 6.07) is 19.9. The molecule has 0 radical (unpaired) electrons. The Morgan fingerprint density at radius 2 is 1.76 bits per heavy atom. The van der Waals surface area contributed by atoms with Gasteiger partial charge in [-0.05, 0) is 47.4 Å². The number of benzene rings is 2. The largest absolute Gasteiger partial charge is 0.380 e. The summed E-state index contributed by atoms with van der Waals surface area (Å²) in [6.07, 6.45) is 2.53. The van der Waals surface area contributed by atoms with Crippen molar-refractivity contribution in [1.29, 1.82) is 0 Å². The van der Waals surface area contributed by atoms with Crippen molar-refractivity contribution in [3.8, 4) is 11.1 Å². The maximum Gasteiger partial charge on any atom is 0.174 e. The zero-order chi connectivity index (χ0) is 17.2. The van der Waals surface area contributed by atoms with Gasteiger partial charge in [-0.1, -0.05) is 41.6 Å². The Bertz CT molecular complexity index is 1010. The number of hydrogen-bond acceptors (Lipinski definition) is 5. The minimum Gasteiger partial charge on any atom is -0.380 e. The van der Waals surface area contributed by atoms with Crippen LogP contribution < -0.4 is 11.5 Å². The number of aromatic nitrogens is 2. The highest BCUT2D eigenvalue weighted by atomic mass is 16.5. The number of nitrogens with zero attached hydrogens (tertiary/aromatic N) is 2. The van der Waals surface area contributed by atoms with Crippen LogP contribution in [0.2, 0.25) is 0 Å². The molecular weight excluding hydrogens is 312 g/mol. The first-order valence-electron chi connectivity index (χ1n) is 8.11. The van der Waals surface area contributed by atoms with Gasteiger partial charge in [0.25, 0.3) is 0 Å². The second kappa shape index (κ2) is 6.37. The summed E-state index contributed by atoms with van der Waals surface area (Å²) >= 11 is 0. The quantitative estimate of drug-likeness (QED) is 0.595. The van der Waals surface area contributed by atoms with Gasteiger partial charge in [0.05, 0.1) is 17.1 Å². The minimum atomic E-state index is -0.160. The van der Waals surface area contributed by atoms with Crippen molar-refractivity contribution in [2.75, 3.05) is 5.73 Å². The van der Waals surface area contributed by atoms with E-state index in [-0.39, 0.29) is 6.04 Å². The summed E-state index contributed by atoms with van der Waals surface area (Å²) in [5, 5.41) is 4.61. The molecule has 5 nitrogen and oxygen atoms in total.